The summed E-state index contributed by atoms with van der Waals surface area (Å²) in [6, 6.07) is 1.57. The van der Waals surface area contributed by atoms with Crippen LogP contribution in [-0.4, -0.2) is 24.9 Å². The van der Waals surface area contributed by atoms with Crippen LogP contribution >= 0.6 is 0 Å². The highest BCUT2D eigenvalue weighted by molar-refractivity contribution is 5.61. The van der Waals surface area contributed by atoms with Crippen molar-refractivity contribution in [1.82, 2.24) is 0 Å². The first-order chi connectivity index (χ1) is 9.19. The predicted octanol–water partition coefficient (Wildman–Crippen LogP) is 3.32. The fourth-order valence-corrected chi connectivity index (χ4v) is 1.82. The van der Waals surface area contributed by atoms with E-state index in [1.807, 2.05) is 20.8 Å². The van der Waals surface area contributed by atoms with Crippen LogP contribution in [0.2, 0.25) is 0 Å². The van der Waals surface area contributed by atoms with Crippen molar-refractivity contribution in [3.05, 3.63) is 24.3 Å². The highest BCUT2D eigenvalue weighted by atomic mass is 16.5. The van der Waals surface area contributed by atoms with Crippen LogP contribution < -0.4 is 14.2 Å². The van der Waals surface area contributed by atoms with E-state index in [-0.39, 0.29) is 5.75 Å². The van der Waals surface area contributed by atoms with Crippen molar-refractivity contribution in [1.29, 1.82) is 0 Å². The van der Waals surface area contributed by atoms with Gasteiger partial charge in [0.2, 0.25) is 5.75 Å². The maximum atomic E-state index is 10.1. The van der Waals surface area contributed by atoms with Crippen molar-refractivity contribution in [3.8, 4) is 23.0 Å². The number of benzene rings is 1. The first kappa shape index (κ1) is 15.2. The zero-order chi connectivity index (χ0) is 14.3. The van der Waals surface area contributed by atoms with E-state index in [9.17, 15) is 5.11 Å². The molecule has 0 saturated carbocycles. The number of aromatic hydroxyl groups is 1. The molecule has 0 radical (unpaired) electrons. The van der Waals surface area contributed by atoms with Gasteiger partial charge in [0.15, 0.2) is 11.5 Å². The summed E-state index contributed by atoms with van der Waals surface area (Å²) in [4.78, 5) is 0. The summed E-state index contributed by atoms with van der Waals surface area (Å²) < 4.78 is 16.7. The third-order valence-electron chi connectivity index (χ3n) is 2.51. The normalized spacial score (nSPS) is 10.1. The SMILES string of the molecule is C=CCc1c(O)cc(OCC)c(OCC)c1OCC. The fraction of sp³-hybridized carbons (Fsp3) is 0.467. The second kappa shape index (κ2) is 7.56. The maximum Gasteiger partial charge on any atom is 0.204 e. The van der Waals surface area contributed by atoms with Gasteiger partial charge in [0.05, 0.1) is 19.8 Å². The van der Waals surface area contributed by atoms with E-state index < -0.39 is 0 Å². The summed E-state index contributed by atoms with van der Waals surface area (Å²) in [7, 11) is 0. The minimum absolute atomic E-state index is 0.134. The van der Waals surface area contributed by atoms with E-state index in [1.54, 1.807) is 12.1 Å². The molecular weight excluding hydrogens is 244 g/mol. The van der Waals surface area contributed by atoms with Crippen molar-refractivity contribution in [3.63, 3.8) is 0 Å². The molecule has 0 aliphatic carbocycles. The molecular formula is C15H22O4. The number of ether oxygens (including phenoxy) is 3. The van der Waals surface area contributed by atoms with Crippen LogP contribution in [0.4, 0.5) is 0 Å². The largest absolute Gasteiger partial charge is 0.507 e. The van der Waals surface area contributed by atoms with Crippen LogP contribution in [0.25, 0.3) is 0 Å². The van der Waals surface area contributed by atoms with E-state index in [0.29, 0.717) is 49.1 Å². The molecule has 0 atom stereocenters. The summed E-state index contributed by atoms with van der Waals surface area (Å²) in [6.45, 7) is 10.8. The smallest absolute Gasteiger partial charge is 0.204 e. The monoisotopic (exact) mass is 266 g/mol. The predicted molar refractivity (Wildman–Crippen MR) is 75.5 cm³/mol. The molecule has 0 amide bonds. The van der Waals surface area contributed by atoms with Crippen molar-refractivity contribution in [2.45, 2.75) is 27.2 Å². The van der Waals surface area contributed by atoms with Gasteiger partial charge in [-0.2, -0.15) is 0 Å². The van der Waals surface area contributed by atoms with Crippen molar-refractivity contribution in [2.24, 2.45) is 0 Å². The quantitative estimate of drug-likeness (QED) is 0.733. The first-order valence-electron chi connectivity index (χ1n) is 6.57. The van der Waals surface area contributed by atoms with Gasteiger partial charge in [-0.15, -0.1) is 6.58 Å². The molecule has 4 heteroatoms. The van der Waals surface area contributed by atoms with Gasteiger partial charge < -0.3 is 19.3 Å². The molecule has 0 aromatic heterocycles. The molecule has 1 N–H and O–H groups in total. The molecule has 0 saturated heterocycles. The zero-order valence-electron chi connectivity index (χ0n) is 11.9. The summed E-state index contributed by atoms with van der Waals surface area (Å²) in [5, 5.41) is 10.1. The van der Waals surface area contributed by atoms with Crippen LogP contribution in [0.3, 0.4) is 0 Å². The minimum atomic E-state index is 0.134. The molecule has 0 fully saturated rings. The fourth-order valence-electron chi connectivity index (χ4n) is 1.82. The van der Waals surface area contributed by atoms with Crippen molar-refractivity contribution in [2.75, 3.05) is 19.8 Å². The van der Waals surface area contributed by atoms with Crippen LogP contribution in [0.5, 0.6) is 23.0 Å². The lowest BCUT2D eigenvalue weighted by molar-refractivity contribution is 0.257. The lowest BCUT2D eigenvalue weighted by Gasteiger charge is -2.19. The van der Waals surface area contributed by atoms with Gasteiger partial charge in [-0.3, -0.25) is 0 Å². The number of allylic oxidation sites excluding steroid dienone is 1. The van der Waals surface area contributed by atoms with E-state index >= 15 is 0 Å². The average Bonchev–Trinajstić information content (AvgIpc) is 2.38. The number of phenolic OH excluding ortho intramolecular Hbond substituents is 1. The van der Waals surface area contributed by atoms with Gasteiger partial charge in [0, 0.05) is 11.6 Å². The Bertz CT molecular complexity index is 427. The Morgan fingerprint density at radius 1 is 1.05 bits per heavy atom. The molecule has 1 aromatic rings. The zero-order valence-corrected chi connectivity index (χ0v) is 11.9. The number of rotatable bonds is 8. The number of hydrogen-bond donors (Lipinski definition) is 1. The van der Waals surface area contributed by atoms with Crippen molar-refractivity contribution >= 4 is 0 Å². The van der Waals surface area contributed by atoms with Gasteiger partial charge in [-0.25, -0.2) is 0 Å². The highest BCUT2D eigenvalue weighted by Gasteiger charge is 2.20. The van der Waals surface area contributed by atoms with Gasteiger partial charge in [-0.1, -0.05) is 6.08 Å². The molecule has 106 valence electrons. The molecule has 4 nitrogen and oxygen atoms in total. The average molecular weight is 266 g/mol. The Labute approximate surface area is 114 Å². The molecule has 1 rings (SSSR count). The lowest BCUT2D eigenvalue weighted by Crippen LogP contribution is -2.05. The molecule has 0 heterocycles. The molecule has 19 heavy (non-hydrogen) atoms. The summed E-state index contributed by atoms with van der Waals surface area (Å²) >= 11 is 0. The summed E-state index contributed by atoms with van der Waals surface area (Å²) in [6.07, 6.45) is 2.22. The van der Waals surface area contributed by atoms with Gasteiger partial charge in [-0.05, 0) is 27.2 Å². The van der Waals surface area contributed by atoms with Crippen LogP contribution in [-0.2, 0) is 6.42 Å². The molecule has 0 aliphatic rings. The second-order valence-corrected chi connectivity index (χ2v) is 3.82. The molecule has 0 aliphatic heterocycles. The Hall–Kier alpha value is -1.84. The van der Waals surface area contributed by atoms with Crippen LogP contribution in [0.1, 0.15) is 26.3 Å². The van der Waals surface area contributed by atoms with E-state index in [1.165, 1.54) is 0 Å². The molecule has 0 spiro atoms. The Morgan fingerprint density at radius 3 is 2.16 bits per heavy atom. The molecule has 0 bridgehead atoms. The summed E-state index contributed by atoms with van der Waals surface area (Å²) in [5.74, 6) is 1.71. The van der Waals surface area contributed by atoms with Crippen LogP contribution in [0, 0.1) is 0 Å². The van der Waals surface area contributed by atoms with E-state index in [2.05, 4.69) is 6.58 Å². The summed E-state index contributed by atoms with van der Waals surface area (Å²) in [5.41, 5.74) is 0.670. The third-order valence-corrected chi connectivity index (χ3v) is 2.51. The molecule has 0 unspecified atom stereocenters. The Morgan fingerprint density at radius 2 is 1.63 bits per heavy atom. The maximum absolute atomic E-state index is 10.1. The molecule has 1 aromatic carbocycles. The van der Waals surface area contributed by atoms with E-state index in [0.717, 1.165) is 0 Å². The number of hydrogen-bond acceptors (Lipinski definition) is 4. The van der Waals surface area contributed by atoms with E-state index in [4.69, 9.17) is 14.2 Å². The standard InChI is InChI=1S/C15H22O4/c1-5-9-11-12(16)10-13(17-6-2)15(19-8-4)14(11)18-7-3/h5,10,16H,1,6-9H2,2-4H3. The lowest BCUT2D eigenvalue weighted by atomic mass is 10.1. The second-order valence-electron chi connectivity index (χ2n) is 3.82. The minimum Gasteiger partial charge on any atom is -0.507 e. The third kappa shape index (κ3) is 3.56. The topological polar surface area (TPSA) is 47.9 Å². The van der Waals surface area contributed by atoms with Crippen LogP contribution in [0.15, 0.2) is 18.7 Å². The first-order valence-corrected chi connectivity index (χ1v) is 6.57. The van der Waals surface area contributed by atoms with Crippen molar-refractivity contribution < 1.29 is 19.3 Å². The van der Waals surface area contributed by atoms with Gasteiger partial charge >= 0.3 is 0 Å². The number of phenols is 1. The Balaban J connectivity index is 3.39. The van der Waals surface area contributed by atoms with Gasteiger partial charge in [0.25, 0.3) is 0 Å². The Kier molecular flexibility index (Phi) is 6.06. The highest BCUT2D eigenvalue weighted by Crippen LogP contribution is 2.45. The van der Waals surface area contributed by atoms with Gasteiger partial charge in [0.1, 0.15) is 5.75 Å².